The monoisotopic (exact) mass is 330 g/mol. The molecule has 2 fully saturated rings. The van der Waals surface area contributed by atoms with Crippen molar-refractivity contribution in [2.75, 3.05) is 63.5 Å². The van der Waals surface area contributed by atoms with Crippen molar-refractivity contribution >= 4 is 11.4 Å². The maximum absolute atomic E-state index is 6.36. The van der Waals surface area contributed by atoms with E-state index < -0.39 is 0 Å². The molecule has 0 saturated carbocycles. The van der Waals surface area contributed by atoms with E-state index in [9.17, 15) is 0 Å². The van der Waals surface area contributed by atoms with E-state index in [-0.39, 0.29) is 0 Å². The molecule has 2 aliphatic heterocycles. The SMILES string of the molecule is CC1CCN(c2ccc(CCCN3CCN(C)CC3)cc2N)CC1. The van der Waals surface area contributed by atoms with Crippen molar-refractivity contribution in [1.29, 1.82) is 0 Å². The Balaban J connectivity index is 1.47. The lowest BCUT2D eigenvalue weighted by molar-refractivity contribution is 0.153. The minimum Gasteiger partial charge on any atom is -0.397 e. The molecule has 0 aromatic heterocycles. The van der Waals surface area contributed by atoms with E-state index in [0.29, 0.717) is 0 Å². The van der Waals surface area contributed by atoms with Crippen LogP contribution < -0.4 is 10.6 Å². The Morgan fingerprint density at radius 3 is 2.42 bits per heavy atom. The number of nitrogens with zero attached hydrogens (tertiary/aromatic N) is 3. The largest absolute Gasteiger partial charge is 0.397 e. The van der Waals surface area contributed by atoms with Crippen molar-refractivity contribution in [3.05, 3.63) is 23.8 Å². The summed E-state index contributed by atoms with van der Waals surface area (Å²) in [5.74, 6) is 0.858. The number of rotatable bonds is 5. The molecule has 2 N–H and O–H groups in total. The number of piperazine rings is 1. The number of hydrogen-bond acceptors (Lipinski definition) is 4. The van der Waals surface area contributed by atoms with Crippen molar-refractivity contribution in [2.45, 2.75) is 32.6 Å². The summed E-state index contributed by atoms with van der Waals surface area (Å²) in [6.45, 7) is 10.7. The summed E-state index contributed by atoms with van der Waals surface area (Å²) in [6.07, 6.45) is 4.93. The molecule has 2 saturated heterocycles. The van der Waals surface area contributed by atoms with Gasteiger partial charge in [-0.1, -0.05) is 13.0 Å². The quantitative estimate of drug-likeness (QED) is 0.842. The molecule has 134 valence electrons. The zero-order chi connectivity index (χ0) is 16.9. The van der Waals surface area contributed by atoms with Crippen LogP contribution in [0.3, 0.4) is 0 Å². The van der Waals surface area contributed by atoms with E-state index in [0.717, 1.165) is 31.1 Å². The fourth-order valence-electron chi connectivity index (χ4n) is 3.88. The van der Waals surface area contributed by atoms with E-state index in [4.69, 9.17) is 5.73 Å². The lowest BCUT2D eigenvalue weighted by Gasteiger charge is -2.33. The van der Waals surface area contributed by atoms with Gasteiger partial charge in [0.05, 0.1) is 11.4 Å². The van der Waals surface area contributed by atoms with Crippen LogP contribution in [0.5, 0.6) is 0 Å². The number of anilines is 2. The molecule has 3 rings (SSSR count). The summed E-state index contributed by atoms with van der Waals surface area (Å²) in [6, 6.07) is 6.74. The second kappa shape index (κ2) is 8.21. The molecule has 0 aliphatic carbocycles. The summed E-state index contributed by atoms with van der Waals surface area (Å²) in [5.41, 5.74) is 9.94. The Morgan fingerprint density at radius 2 is 1.75 bits per heavy atom. The second-order valence-electron chi connectivity index (χ2n) is 7.81. The molecule has 0 unspecified atom stereocenters. The first kappa shape index (κ1) is 17.6. The number of aryl methyl sites for hydroxylation is 1. The highest BCUT2D eigenvalue weighted by atomic mass is 15.2. The first-order chi connectivity index (χ1) is 11.6. The number of benzene rings is 1. The van der Waals surface area contributed by atoms with Crippen molar-refractivity contribution < 1.29 is 0 Å². The van der Waals surface area contributed by atoms with Crippen LogP contribution in [0.4, 0.5) is 11.4 Å². The summed E-state index contributed by atoms with van der Waals surface area (Å²) in [7, 11) is 2.21. The first-order valence-electron chi connectivity index (χ1n) is 9.66. The average Bonchev–Trinajstić information content (AvgIpc) is 2.58. The van der Waals surface area contributed by atoms with Gasteiger partial charge in [-0.05, 0) is 62.9 Å². The first-order valence-corrected chi connectivity index (χ1v) is 9.66. The van der Waals surface area contributed by atoms with Crippen molar-refractivity contribution in [2.24, 2.45) is 5.92 Å². The summed E-state index contributed by atoms with van der Waals surface area (Å²) >= 11 is 0. The minimum absolute atomic E-state index is 0.858. The Morgan fingerprint density at radius 1 is 1.04 bits per heavy atom. The molecule has 0 bridgehead atoms. The number of piperidine rings is 1. The molecule has 2 heterocycles. The van der Waals surface area contributed by atoms with Gasteiger partial charge in [0.15, 0.2) is 0 Å². The van der Waals surface area contributed by atoms with Crippen LogP contribution in [-0.4, -0.2) is 62.7 Å². The minimum atomic E-state index is 0.858. The molecular formula is C20H34N4. The molecular weight excluding hydrogens is 296 g/mol. The van der Waals surface area contributed by atoms with Crippen molar-refractivity contribution in [1.82, 2.24) is 9.80 Å². The Bertz CT molecular complexity index is 514. The average molecular weight is 331 g/mol. The van der Waals surface area contributed by atoms with E-state index in [1.807, 2.05) is 0 Å². The van der Waals surface area contributed by atoms with Gasteiger partial charge in [0.1, 0.15) is 0 Å². The molecule has 0 amide bonds. The zero-order valence-electron chi connectivity index (χ0n) is 15.5. The van der Waals surface area contributed by atoms with Gasteiger partial charge in [0.25, 0.3) is 0 Å². The molecule has 1 aromatic carbocycles. The molecule has 4 heteroatoms. The molecule has 24 heavy (non-hydrogen) atoms. The van der Waals surface area contributed by atoms with Crippen LogP contribution in [0.15, 0.2) is 18.2 Å². The highest BCUT2D eigenvalue weighted by molar-refractivity contribution is 5.68. The Labute approximate surface area is 147 Å². The smallest absolute Gasteiger partial charge is 0.0600 e. The van der Waals surface area contributed by atoms with Crippen LogP contribution in [0.25, 0.3) is 0 Å². The normalized spacial score (nSPS) is 21.3. The third-order valence-corrected chi connectivity index (χ3v) is 5.75. The molecule has 2 aliphatic rings. The maximum atomic E-state index is 6.36. The molecule has 0 radical (unpaired) electrons. The number of likely N-dealkylation sites (N-methyl/N-ethyl adjacent to an activating group) is 1. The number of hydrogen-bond donors (Lipinski definition) is 1. The van der Waals surface area contributed by atoms with Crippen LogP contribution in [0.1, 0.15) is 31.7 Å². The van der Waals surface area contributed by atoms with E-state index >= 15 is 0 Å². The summed E-state index contributed by atoms with van der Waals surface area (Å²) < 4.78 is 0. The maximum Gasteiger partial charge on any atom is 0.0600 e. The van der Waals surface area contributed by atoms with Gasteiger partial charge in [-0.3, -0.25) is 0 Å². The summed E-state index contributed by atoms with van der Waals surface area (Å²) in [5, 5.41) is 0. The summed E-state index contributed by atoms with van der Waals surface area (Å²) in [4.78, 5) is 7.47. The van der Waals surface area contributed by atoms with Crippen LogP contribution in [0.2, 0.25) is 0 Å². The highest BCUT2D eigenvalue weighted by Gasteiger charge is 2.18. The van der Waals surface area contributed by atoms with E-state index in [2.05, 4.69) is 46.9 Å². The zero-order valence-corrected chi connectivity index (χ0v) is 15.5. The Hall–Kier alpha value is -1.26. The van der Waals surface area contributed by atoms with Crippen LogP contribution >= 0.6 is 0 Å². The molecule has 0 spiro atoms. The van der Waals surface area contributed by atoms with Gasteiger partial charge in [0, 0.05) is 39.3 Å². The second-order valence-corrected chi connectivity index (χ2v) is 7.81. The third-order valence-electron chi connectivity index (χ3n) is 5.75. The highest BCUT2D eigenvalue weighted by Crippen LogP contribution is 2.29. The topological polar surface area (TPSA) is 35.7 Å². The van der Waals surface area contributed by atoms with E-state index in [1.54, 1.807) is 0 Å². The van der Waals surface area contributed by atoms with E-state index in [1.165, 1.54) is 63.2 Å². The Kier molecular flexibility index (Phi) is 6.01. The number of nitrogens with two attached hydrogens (primary N) is 1. The molecule has 0 atom stereocenters. The third kappa shape index (κ3) is 4.64. The molecule has 4 nitrogen and oxygen atoms in total. The predicted octanol–water partition coefficient (Wildman–Crippen LogP) is 2.69. The van der Waals surface area contributed by atoms with Crippen molar-refractivity contribution in [3.63, 3.8) is 0 Å². The molecule has 1 aromatic rings. The van der Waals surface area contributed by atoms with Crippen molar-refractivity contribution in [3.8, 4) is 0 Å². The van der Waals surface area contributed by atoms with Gasteiger partial charge in [-0.25, -0.2) is 0 Å². The van der Waals surface area contributed by atoms with Gasteiger partial charge in [0.2, 0.25) is 0 Å². The van der Waals surface area contributed by atoms with Gasteiger partial charge in [-0.15, -0.1) is 0 Å². The lowest BCUT2D eigenvalue weighted by atomic mass is 9.98. The fourth-order valence-corrected chi connectivity index (χ4v) is 3.88. The van der Waals surface area contributed by atoms with Crippen LogP contribution in [0, 0.1) is 5.92 Å². The number of nitrogen functional groups attached to an aromatic ring is 1. The van der Waals surface area contributed by atoms with Gasteiger partial charge >= 0.3 is 0 Å². The fraction of sp³-hybridized carbons (Fsp3) is 0.700. The van der Waals surface area contributed by atoms with Gasteiger partial charge in [-0.2, -0.15) is 0 Å². The predicted molar refractivity (Wildman–Crippen MR) is 104 cm³/mol. The lowest BCUT2D eigenvalue weighted by Crippen LogP contribution is -2.44. The van der Waals surface area contributed by atoms with Gasteiger partial charge < -0.3 is 20.4 Å². The van der Waals surface area contributed by atoms with Crippen LogP contribution in [-0.2, 0) is 6.42 Å². The standard InChI is InChI=1S/C20H34N4/c1-17-7-10-24(11-8-17)20-6-5-18(16-19(20)21)4-3-9-23-14-12-22(2)13-15-23/h5-6,16-17H,3-4,7-15,21H2,1-2H3.